The molecule has 0 aliphatic carbocycles. The van der Waals surface area contributed by atoms with E-state index >= 15 is 0 Å². The Morgan fingerprint density at radius 3 is 2.35 bits per heavy atom. The molecule has 0 saturated heterocycles. The van der Waals surface area contributed by atoms with E-state index in [9.17, 15) is 0 Å². The summed E-state index contributed by atoms with van der Waals surface area (Å²) < 4.78 is 5.65. The first-order chi connectivity index (χ1) is 7.91. The molecule has 0 amide bonds. The normalized spacial score (nSPS) is 12.7. The minimum absolute atomic E-state index is 0.202. The van der Waals surface area contributed by atoms with Gasteiger partial charge >= 0.3 is 0 Å². The standard InChI is InChI=1S/C14H32N2O/c1-6-7-16(12-14(4,5)11-15)8-9-17-10-13(2)3/h13H,6-12,15H2,1-5H3. The summed E-state index contributed by atoms with van der Waals surface area (Å²) in [6.45, 7) is 16.7. The molecule has 0 atom stereocenters. The minimum atomic E-state index is 0.202. The molecule has 0 aromatic carbocycles. The van der Waals surface area contributed by atoms with Crippen molar-refractivity contribution in [2.45, 2.75) is 41.0 Å². The molecule has 0 rings (SSSR count). The van der Waals surface area contributed by atoms with Crippen LogP contribution in [0.15, 0.2) is 0 Å². The Morgan fingerprint density at radius 1 is 1.24 bits per heavy atom. The van der Waals surface area contributed by atoms with Crippen molar-refractivity contribution in [3.63, 3.8) is 0 Å². The van der Waals surface area contributed by atoms with E-state index in [0.29, 0.717) is 5.92 Å². The second-order valence-corrected chi connectivity index (χ2v) is 6.11. The SMILES string of the molecule is CCCN(CCOCC(C)C)CC(C)(C)CN. The molecule has 0 fully saturated rings. The molecule has 0 aliphatic rings. The van der Waals surface area contributed by atoms with Gasteiger partial charge in [-0.2, -0.15) is 0 Å². The van der Waals surface area contributed by atoms with Gasteiger partial charge < -0.3 is 15.4 Å². The maximum absolute atomic E-state index is 5.79. The highest BCUT2D eigenvalue weighted by atomic mass is 16.5. The lowest BCUT2D eigenvalue weighted by Gasteiger charge is -2.31. The Labute approximate surface area is 108 Å². The minimum Gasteiger partial charge on any atom is -0.380 e. The lowest BCUT2D eigenvalue weighted by atomic mass is 9.93. The third-order valence-electron chi connectivity index (χ3n) is 2.75. The van der Waals surface area contributed by atoms with Gasteiger partial charge in [0.05, 0.1) is 6.61 Å². The third kappa shape index (κ3) is 9.57. The van der Waals surface area contributed by atoms with Crippen molar-refractivity contribution in [1.29, 1.82) is 0 Å². The number of rotatable bonds is 10. The van der Waals surface area contributed by atoms with Gasteiger partial charge in [0.1, 0.15) is 0 Å². The molecule has 0 aromatic heterocycles. The summed E-state index contributed by atoms with van der Waals surface area (Å²) in [6.07, 6.45) is 1.19. The van der Waals surface area contributed by atoms with Crippen LogP contribution in [-0.2, 0) is 4.74 Å². The summed E-state index contributed by atoms with van der Waals surface area (Å²) in [4.78, 5) is 2.47. The summed E-state index contributed by atoms with van der Waals surface area (Å²) in [7, 11) is 0. The fraction of sp³-hybridized carbons (Fsp3) is 1.00. The molecular weight excluding hydrogens is 212 g/mol. The van der Waals surface area contributed by atoms with Crippen molar-refractivity contribution in [2.24, 2.45) is 17.1 Å². The number of ether oxygens (including phenoxy) is 1. The third-order valence-corrected chi connectivity index (χ3v) is 2.75. The molecule has 104 valence electrons. The van der Waals surface area contributed by atoms with E-state index in [-0.39, 0.29) is 5.41 Å². The first-order valence-corrected chi connectivity index (χ1v) is 6.91. The van der Waals surface area contributed by atoms with Gasteiger partial charge in [-0.05, 0) is 30.8 Å². The average Bonchev–Trinajstić information content (AvgIpc) is 2.24. The van der Waals surface area contributed by atoms with Crippen molar-refractivity contribution in [2.75, 3.05) is 39.4 Å². The molecule has 0 aromatic rings. The Hall–Kier alpha value is -0.120. The maximum atomic E-state index is 5.79. The van der Waals surface area contributed by atoms with Gasteiger partial charge in [-0.1, -0.05) is 34.6 Å². The lowest BCUT2D eigenvalue weighted by molar-refractivity contribution is 0.0741. The van der Waals surface area contributed by atoms with Crippen LogP contribution in [-0.4, -0.2) is 44.3 Å². The second kappa shape index (κ2) is 8.90. The van der Waals surface area contributed by atoms with Crippen LogP contribution in [0.2, 0.25) is 0 Å². The largest absolute Gasteiger partial charge is 0.380 e. The van der Waals surface area contributed by atoms with Crippen LogP contribution in [0.1, 0.15) is 41.0 Å². The Bertz CT molecular complexity index is 181. The molecule has 0 aliphatic heterocycles. The van der Waals surface area contributed by atoms with Crippen molar-refractivity contribution < 1.29 is 4.74 Å². The van der Waals surface area contributed by atoms with Gasteiger partial charge in [0.2, 0.25) is 0 Å². The van der Waals surface area contributed by atoms with Gasteiger partial charge in [0, 0.05) is 19.7 Å². The summed E-state index contributed by atoms with van der Waals surface area (Å²) in [6, 6.07) is 0. The summed E-state index contributed by atoms with van der Waals surface area (Å²) >= 11 is 0. The van der Waals surface area contributed by atoms with Crippen LogP contribution in [0, 0.1) is 11.3 Å². The van der Waals surface area contributed by atoms with Crippen LogP contribution in [0.25, 0.3) is 0 Å². The van der Waals surface area contributed by atoms with Gasteiger partial charge in [0.25, 0.3) is 0 Å². The average molecular weight is 244 g/mol. The van der Waals surface area contributed by atoms with E-state index < -0.39 is 0 Å². The predicted molar refractivity (Wildman–Crippen MR) is 75.2 cm³/mol. The van der Waals surface area contributed by atoms with Crippen LogP contribution >= 0.6 is 0 Å². The highest BCUT2D eigenvalue weighted by Crippen LogP contribution is 2.14. The van der Waals surface area contributed by atoms with Crippen LogP contribution in [0.5, 0.6) is 0 Å². The van der Waals surface area contributed by atoms with Crippen molar-refractivity contribution >= 4 is 0 Å². The van der Waals surface area contributed by atoms with E-state index in [1.807, 2.05) is 0 Å². The molecule has 0 bridgehead atoms. The fourth-order valence-corrected chi connectivity index (χ4v) is 1.77. The smallest absolute Gasteiger partial charge is 0.0593 e. The molecule has 0 heterocycles. The molecule has 0 unspecified atom stereocenters. The van der Waals surface area contributed by atoms with E-state index in [1.54, 1.807) is 0 Å². The zero-order valence-corrected chi connectivity index (χ0v) is 12.5. The van der Waals surface area contributed by atoms with Gasteiger partial charge in [0.15, 0.2) is 0 Å². The first-order valence-electron chi connectivity index (χ1n) is 6.91. The highest BCUT2D eigenvalue weighted by Gasteiger charge is 2.19. The molecule has 3 heteroatoms. The molecule has 17 heavy (non-hydrogen) atoms. The summed E-state index contributed by atoms with van der Waals surface area (Å²) in [5, 5.41) is 0. The van der Waals surface area contributed by atoms with Crippen molar-refractivity contribution in [3.8, 4) is 0 Å². The zero-order valence-electron chi connectivity index (χ0n) is 12.5. The number of nitrogens with two attached hydrogens (primary N) is 1. The van der Waals surface area contributed by atoms with E-state index in [4.69, 9.17) is 10.5 Å². The molecule has 2 N–H and O–H groups in total. The van der Waals surface area contributed by atoms with Crippen molar-refractivity contribution in [3.05, 3.63) is 0 Å². The summed E-state index contributed by atoms with van der Waals surface area (Å²) in [5.74, 6) is 0.620. The zero-order chi connectivity index (χ0) is 13.3. The maximum Gasteiger partial charge on any atom is 0.0593 e. The quantitative estimate of drug-likeness (QED) is 0.600. The van der Waals surface area contributed by atoms with E-state index in [1.165, 1.54) is 6.42 Å². The van der Waals surface area contributed by atoms with E-state index in [2.05, 4.69) is 39.5 Å². The fourth-order valence-electron chi connectivity index (χ4n) is 1.77. The number of hydrogen-bond donors (Lipinski definition) is 1. The summed E-state index contributed by atoms with van der Waals surface area (Å²) in [5.41, 5.74) is 5.99. The van der Waals surface area contributed by atoms with Gasteiger partial charge in [-0.15, -0.1) is 0 Å². The Kier molecular flexibility index (Phi) is 8.83. The van der Waals surface area contributed by atoms with Crippen LogP contribution < -0.4 is 5.73 Å². The van der Waals surface area contributed by atoms with Crippen molar-refractivity contribution in [1.82, 2.24) is 4.90 Å². The van der Waals surface area contributed by atoms with Crippen LogP contribution in [0.3, 0.4) is 0 Å². The first kappa shape index (κ1) is 16.9. The molecule has 0 spiro atoms. The van der Waals surface area contributed by atoms with Gasteiger partial charge in [-0.3, -0.25) is 0 Å². The topological polar surface area (TPSA) is 38.5 Å². The second-order valence-electron chi connectivity index (χ2n) is 6.11. The number of nitrogens with zero attached hydrogens (tertiary/aromatic N) is 1. The Morgan fingerprint density at radius 2 is 1.88 bits per heavy atom. The number of hydrogen-bond acceptors (Lipinski definition) is 3. The molecule has 3 nitrogen and oxygen atoms in total. The predicted octanol–water partition coefficient (Wildman–Crippen LogP) is 2.36. The molecular formula is C14H32N2O. The van der Waals surface area contributed by atoms with E-state index in [0.717, 1.165) is 39.4 Å². The monoisotopic (exact) mass is 244 g/mol. The lowest BCUT2D eigenvalue weighted by Crippen LogP contribution is -2.40. The van der Waals surface area contributed by atoms with Gasteiger partial charge in [-0.25, -0.2) is 0 Å². The highest BCUT2D eigenvalue weighted by molar-refractivity contribution is 4.74. The molecule has 0 radical (unpaired) electrons. The van der Waals surface area contributed by atoms with Crippen LogP contribution in [0.4, 0.5) is 0 Å². The Balaban J connectivity index is 3.90. The molecule has 0 saturated carbocycles.